The number of phenolic OH excluding ortho intramolecular Hbond substituents is 1. The second kappa shape index (κ2) is 5.37. The molecular formula is C11H13N3O4S. The molecule has 1 aromatic heterocycles. The molecule has 0 unspecified atom stereocenters. The van der Waals surface area contributed by atoms with E-state index < -0.39 is 10.0 Å². The van der Waals surface area contributed by atoms with Crippen LogP contribution >= 0.6 is 0 Å². The summed E-state index contributed by atoms with van der Waals surface area (Å²) < 4.78 is 31.0. The maximum Gasteiger partial charge on any atom is 0.244 e. The van der Waals surface area contributed by atoms with Crippen molar-refractivity contribution in [2.75, 3.05) is 6.54 Å². The lowest BCUT2D eigenvalue weighted by Gasteiger charge is -2.06. The van der Waals surface area contributed by atoms with Crippen molar-refractivity contribution in [3.8, 4) is 5.75 Å². The Bertz CT molecular complexity index is 666. The predicted octanol–water partition coefficient (Wildman–Crippen LogP) is 0.605. The highest BCUT2D eigenvalue weighted by atomic mass is 32.2. The number of aromatic hydroxyl groups is 1. The van der Waals surface area contributed by atoms with E-state index in [0.29, 0.717) is 11.7 Å². The highest BCUT2D eigenvalue weighted by molar-refractivity contribution is 7.89. The average molecular weight is 283 g/mol. The maximum atomic E-state index is 11.9. The summed E-state index contributed by atoms with van der Waals surface area (Å²) in [6.45, 7) is 1.79. The highest BCUT2D eigenvalue weighted by Crippen LogP contribution is 2.20. The van der Waals surface area contributed by atoms with Gasteiger partial charge in [0.15, 0.2) is 5.82 Å². The first kappa shape index (κ1) is 13.5. The summed E-state index contributed by atoms with van der Waals surface area (Å²) in [6, 6.07) is 5.73. The molecule has 2 rings (SSSR count). The molecule has 19 heavy (non-hydrogen) atoms. The molecule has 0 atom stereocenters. The lowest BCUT2D eigenvalue weighted by molar-refractivity contribution is 0.374. The molecule has 0 fully saturated rings. The first-order valence-corrected chi connectivity index (χ1v) is 7.04. The Hall–Kier alpha value is -1.93. The lowest BCUT2D eigenvalue weighted by atomic mass is 10.3. The highest BCUT2D eigenvalue weighted by Gasteiger charge is 2.17. The van der Waals surface area contributed by atoms with Crippen LogP contribution in [0, 0.1) is 6.92 Å². The van der Waals surface area contributed by atoms with E-state index in [9.17, 15) is 13.5 Å². The van der Waals surface area contributed by atoms with Crippen LogP contribution in [0.2, 0.25) is 0 Å². The lowest BCUT2D eigenvalue weighted by Crippen LogP contribution is -2.26. The zero-order valence-electron chi connectivity index (χ0n) is 10.2. The second-order valence-corrected chi connectivity index (χ2v) is 5.59. The Balaban J connectivity index is 2.01. The Morgan fingerprint density at radius 3 is 2.74 bits per heavy atom. The SMILES string of the molecule is Cc1noc(CCNS(=O)(=O)c2ccccc2O)n1. The second-order valence-electron chi connectivity index (χ2n) is 3.85. The Kier molecular flexibility index (Phi) is 3.82. The number of rotatable bonds is 5. The molecule has 0 saturated heterocycles. The molecular weight excluding hydrogens is 270 g/mol. The van der Waals surface area contributed by atoms with E-state index in [1.54, 1.807) is 13.0 Å². The maximum absolute atomic E-state index is 11.9. The molecule has 102 valence electrons. The van der Waals surface area contributed by atoms with Gasteiger partial charge < -0.3 is 9.63 Å². The zero-order chi connectivity index (χ0) is 13.9. The molecule has 0 bridgehead atoms. The minimum Gasteiger partial charge on any atom is -0.507 e. The quantitative estimate of drug-likeness (QED) is 0.832. The molecule has 1 aromatic carbocycles. The van der Waals surface area contributed by atoms with Crippen LogP contribution in [0.1, 0.15) is 11.7 Å². The van der Waals surface area contributed by atoms with Gasteiger partial charge in [-0.2, -0.15) is 4.98 Å². The fraction of sp³-hybridized carbons (Fsp3) is 0.273. The third kappa shape index (κ3) is 3.30. The van der Waals surface area contributed by atoms with Crippen LogP contribution in [0.5, 0.6) is 5.75 Å². The fourth-order valence-corrected chi connectivity index (χ4v) is 2.62. The molecule has 2 N–H and O–H groups in total. The van der Waals surface area contributed by atoms with Gasteiger partial charge in [-0.3, -0.25) is 0 Å². The van der Waals surface area contributed by atoms with Crippen LogP contribution in [0.3, 0.4) is 0 Å². The Morgan fingerprint density at radius 2 is 2.11 bits per heavy atom. The molecule has 8 heteroatoms. The van der Waals surface area contributed by atoms with Crippen LogP contribution in [-0.4, -0.2) is 30.2 Å². The van der Waals surface area contributed by atoms with E-state index in [2.05, 4.69) is 14.9 Å². The van der Waals surface area contributed by atoms with Gasteiger partial charge in [-0.25, -0.2) is 13.1 Å². The summed E-state index contributed by atoms with van der Waals surface area (Å²) in [6.07, 6.45) is 0.285. The minimum absolute atomic E-state index is 0.109. The number of aryl methyl sites for hydroxylation is 1. The van der Waals surface area contributed by atoms with Gasteiger partial charge in [0, 0.05) is 13.0 Å². The number of aromatic nitrogens is 2. The van der Waals surface area contributed by atoms with Gasteiger partial charge in [-0.1, -0.05) is 17.3 Å². The fourth-order valence-electron chi connectivity index (χ4n) is 1.50. The van der Waals surface area contributed by atoms with Crippen LogP contribution in [0.4, 0.5) is 0 Å². The average Bonchev–Trinajstić information content (AvgIpc) is 2.75. The van der Waals surface area contributed by atoms with E-state index in [4.69, 9.17) is 4.52 Å². The van der Waals surface area contributed by atoms with Gasteiger partial charge in [0.05, 0.1) is 0 Å². The van der Waals surface area contributed by atoms with E-state index in [1.165, 1.54) is 18.2 Å². The number of hydrogen-bond acceptors (Lipinski definition) is 6. The van der Waals surface area contributed by atoms with Gasteiger partial charge in [-0.15, -0.1) is 0 Å². The predicted molar refractivity (Wildman–Crippen MR) is 66.0 cm³/mol. The van der Waals surface area contributed by atoms with E-state index in [0.717, 1.165) is 0 Å². The third-order valence-corrected chi connectivity index (χ3v) is 3.86. The van der Waals surface area contributed by atoms with E-state index in [1.807, 2.05) is 0 Å². The van der Waals surface area contributed by atoms with Crippen molar-refractivity contribution < 1.29 is 18.0 Å². The van der Waals surface area contributed by atoms with Crippen molar-refractivity contribution in [1.29, 1.82) is 0 Å². The summed E-state index contributed by atoms with van der Waals surface area (Å²) in [7, 11) is -3.74. The van der Waals surface area contributed by atoms with Crippen molar-refractivity contribution >= 4 is 10.0 Å². The van der Waals surface area contributed by atoms with Crippen molar-refractivity contribution in [3.05, 3.63) is 36.0 Å². The topological polar surface area (TPSA) is 105 Å². The normalized spacial score (nSPS) is 11.6. The van der Waals surface area contributed by atoms with Crippen LogP contribution in [0.15, 0.2) is 33.7 Å². The molecule has 2 aromatic rings. The number of phenols is 1. The molecule has 0 aliphatic carbocycles. The molecule has 0 aliphatic heterocycles. The van der Waals surface area contributed by atoms with Crippen LogP contribution in [-0.2, 0) is 16.4 Å². The van der Waals surface area contributed by atoms with Gasteiger partial charge in [0.2, 0.25) is 15.9 Å². The van der Waals surface area contributed by atoms with Gasteiger partial charge in [0.25, 0.3) is 0 Å². The summed E-state index contributed by atoms with van der Waals surface area (Å²) in [4.78, 5) is 3.80. The van der Waals surface area contributed by atoms with Crippen LogP contribution < -0.4 is 4.72 Å². The smallest absolute Gasteiger partial charge is 0.244 e. The number of benzene rings is 1. The number of hydrogen-bond donors (Lipinski definition) is 2. The largest absolute Gasteiger partial charge is 0.507 e. The molecule has 0 aliphatic rings. The summed E-state index contributed by atoms with van der Waals surface area (Å²) in [5.74, 6) is 0.569. The molecule has 0 amide bonds. The number of sulfonamides is 1. The van der Waals surface area contributed by atoms with Crippen molar-refractivity contribution in [3.63, 3.8) is 0 Å². The molecule has 7 nitrogen and oxygen atoms in total. The van der Waals surface area contributed by atoms with Crippen LogP contribution in [0.25, 0.3) is 0 Å². The Labute approximate surface area is 110 Å². The van der Waals surface area contributed by atoms with Crippen molar-refractivity contribution in [1.82, 2.24) is 14.9 Å². The summed E-state index contributed by atoms with van der Waals surface area (Å²) >= 11 is 0. The van der Waals surface area contributed by atoms with Crippen molar-refractivity contribution in [2.24, 2.45) is 0 Å². The summed E-state index contributed by atoms with van der Waals surface area (Å²) in [5, 5.41) is 13.1. The molecule has 0 radical (unpaired) electrons. The number of nitrogens with one attached hydrogen (secondary N) is 1. The first-order valence-electron chi connectivity index (χ1n) is 5.56. The van der Waals surface area contributed by atoms with Crippen molar-refractivity contribution in [2.45, 2.75) is 18.2 Å². The minimum atomic E-state index is -3.74. The van der Waals surface area contributed by atoms with Gasteiger partial charge in [-0.05, 0) is 19.1 Å². The number of nitrogens with zero attached hydrogens (tertiary/aromatic N) is 2. The van der Waals surface area contributed by atoms with E-state index in [-0.39, 0.29) is 23.6 Å². The van der Waals surface area contributed by atoms with Gasteiger partial charge in [0.1, 0.15) is 10.6 Å². The monoisotopic (exact) mass is 283 g/mol. The molecule has 0 spiro atoms. The zero-order valence-corrected chi connectivity index (χ0v) is 11.0. The summed E-state index contributed by atoms with van der Waals surface area (Å²) in [5.41, 5.74) is 0. The van der Waals surface area contributed by atoms with Gasteiger partial charge >= 0.3 is 0 Å². The molecule has 0 saturated carbocycles. The first-order chi connectivity index (χ1) is 8.99. The van der Waals surface area contributed by atoms with E-state index >= 15 is 0 Å². The number of para-hydroxylation sites is 1. The molecule has 1 heterocycles. The standard InChI is InChI=1S/C11H13N3O4S/c1-8-13-11(18-14-8)6-7-12-19(16,17)10-5-3-2-4-9(10)15/h2-5,12,15H,6-7H2,1H3. The Morgan fingerprint density at radius 1 is 1.37 bits per heavy atom. The third-order valence-electron chi connectivity index (χ3n) is 2.36.